The predicted octanol–water partition coefficient (Wildman–Crippen LogP) is 2.69. The summed E-state index contributed by atoms with van der Waals surface area (Å²) in [6, 6.07) is 0.624. The monoisotopic (exact) mass is 285 g/mol. The van der Waals surface area contributed by atoms with Crippen LogP contribution >= 0.6 is 0 Å². The van der Waals surface area contributed by atoms with Crippen LogP contribution in [-0.4, -0.2) is 28.4 Å². The lowest BCUT2D eigenvalue weighted by atomic mass is 10.1. The molecule has 1 aromatic carbocycles. The lowest BCUT2D eigenvalue weighted by Gasteiger charge is -2.05. The van der Waals surface area contributed by atoms with Crippen LogP contribution in [0.3, 0.4) is 0 Å². The summed E-state index contributed by atoms with van der Waals surface area (Å²) in [5, 5.41) is 18.7. The maximum absolute atomic E-state index is 13.5. The second-order valence-corrected chi connectivity index (χ2v) is 4.32. The Kier molecular flexibility index (Phi) is 3.78. The van der Waals surface area contributed by atoms with E-state index in [0.29, 0.717) is 6.07 Å². The fraction of sp³-hybridized carbons (Fsp3) is 0.231. The fourth-order valence-electron chi connectivity index (χ4n) is 1.47. The van der Waals surface area contributed by atoms with E-state index in [1.54, 1.807) is 0 Å². The second kappa shape index (κ2) is 5.36. The van der Waals surface area contributed by atoms with Crippen molar-refractivity contribution in [2.45, 2.75) is 18.9 Å². The van der Waals surface area contributed by atoms with Gasteiger partial charge < -0.3 is 10.2 Å². The molecule has 0 heterocycles. The summed E-state index contributed by atoms with van der Waals surface area (Å²) in [5.41, 5.74) is -1.41. The van der Waals surface area contributed by atoms with Gasteiger partial charge in [-0.3, -0.25) is 4.99 Å². The third-order valence-electron chi connectivity index (χ3n) is 2.71. The summed E-state index contributed by atoms with van der Waals surface area (Å²) in [4.78, 5) is 14.9. The average Bonchev–Trinajstić information content (AvgIpc) is 3.17. The van der Waals surface area contributed by atoms with Gasteiger partial charge in [0.25, 0.3) is 0 Å². The number of halogens is 3. The summed E-state index contributed by atoms with van der Waals surface area (Å²) in [7, 11) is 0. The van der Waals surface area contributed by atoms with Crippen LogP contribution in [0.1, 0.15) is 18.4 Å². The summed E-state index contributed by atoms with van der Waals surface area (Å²) in [6.07, 6.45) is 2.52. The van der Waals surface area contributed by atoms with Crippen molar-refractivity contribution in [1.82, 2.24) is 0 Å². The average molecular weight is 285 g/mol. The number of carboxylic acid groups (broad SMARTS) is 1. The molecule has 1 saturated carbocycles. The Hall–Kier alpha value is -2.31. The Morgan fingerprint density at radius 1 is 1.15 bits per heavy atom. The molecule has 2 rings (SSSR count). The Labute approximate surface area is 111 Å². The van der Waals surface area contributed by atoms with E-state index in [1.807, 2.05) is 0 Å². The maximum atomic E-state index is 13.5. The summed E-state index contributed by atoms with van der Waals surface area (Å²) in [5.74, 6) is -6.63. The zero-order valence-electron chi connectivity index (χ0n) is 10.1. The molecule has 106 valence electrons. The molecule has 2 N–H and O–H groups in total. The van der Waals surface area contributed by atoms with Gasteiger partial charge >= 0.3 is 5.97 Å². The van der Waals surface area contributed by atoms with Crippen LogP contribution in [0.5, 0.6) is 0 Å². The molecule has 4 nitrogen and oxygen atoms in total. The molecule has 0 unspecified atom stereocenters. The number of rotatable bonds is 4. The van der Waals surface area contributed by atoms with E-state index >= 15 is 0 Å². The van der Waals surface area contributed by atoms with E-state index in [2.05, 4.69) is 4.99 Å². The van der Waals surface area contributed by atoms with Crippen LogP contribution in [0.25, 0.3) is 5.76 Å². The zero-order chi connectivity index (χ0) is 14.9. The van der Waals surface area contributed by atoms with Crippen LogP contribution < -0.4 is 0 Å². The number of carboxylic acids is 1. The molecule has 0 atom stereocenters. The van der Waals surface area contributed by atoms with Crippen molar-refractivity contribution < 1.29 is 28.2 Å². The zero-order valence-corrected chi connectivity index (χ0v) is 10.1. The molecule has 0 aliphatic heterocycles. The number of benzene rings is 1. The highest BCUT2D eigenvalue weighted by Crippen LogP contribution is 2.25. The van der Waals surface area contributed by atoms with Crippen LogP contribution in [0.15, 0.2) is 22.7 Å². The van der Waals surface area contributed by atoms with Crippen molar-refractivity contribution in [3.63, 3.8) is 0 Å². The number of hydrogen-bond acceptors (Lipinski definition) is 3. The topological polar surface area (TPSA) is 69.9 Å². The number of carbonyl (C=O) groups is 1. The highest BCUT2D eigenvalue weighted by Gasteiger charge is 2.22. The molecule has 0 amide bonds. The number of aliphatic imine (C=N–C) groups is 1. The maximum Gasteiger partial charge on any atom is 0.341 e. The van der Waals surface area contributed by atoms with Crippen molar-refractivity contribution in [2.24, 2.45) is 4.99 Å². The third kappa shape index (κ3) is 2.98. The predicted molar refractivity (Wildman–Crippen MR) is 65.0 cm³/mol. The van der Waals surface area contributed by atoms with Gasteiger partial charge in [-0.1, -0.05) is 0 Å². The Balaban J connectivity index is 2.48. The van der Waals surface area contributed by atoms with Gasteiger partial charge in [0.1, 0.15) is 17.1 Å². The normalized spacial score (nSPS) is 16.4. The summed E-state index contributed by atoms with van der Waals surface area (Å²) < 4.78 is 39.3. The molecule has 20 heavy (non-hydrogen) atoms. The molecule has 0 radical (unpaired) electrons. The van der Waals surface area contributed by atoms with Gasteiger partial charge in [0.15, 0.2) is 11.6 Å². The molecule has 1 aromatic rings. The second-order valence-electron chi connectivity index (χ2n) is 4.32. The highest BCUT2D eigenvalue weighted by atomic mass is 19.2. The summed E-state index contributed by atoms with van der Waals surface area (Å²) in [6.45, 7) is 0. The Morgan fingerprint density at radius 2 is 1.75 bits per heavy atom. The molecule has 1 aliphatic rings. The van der Waals surface area contributed by atoms with Gasteiger partial charge in [-0.05, 0) is 18.9 Å². The number of nitrogens with zero attached hydrogens (tertiary/aromatic N) is 1. The van der Waals surface area contributed by atoms with Crippen molar-refractivity contribution in [1.29, 1.82) is 0 Å². The van der Waals surface area contributed by atoms with Crippen LogP contribution in [0.4, 0.5) is 13.2 Å². The van der Waals surface area contributed by atoms with Crippen molar-refractivity contribution >= 4 is 17.9 Å². The van der Waals surface area contributed by atoms with Gasteiger partial charge in [-0.2, -0.15) is 0 Å². The van der Waals surface area contributed by atoms with E-state index in [-0.39, 0.29) is 12.1 Å². The molecule has 0 bridgehead atoms. The van der Waals surface area contributed by atoms with Crippen molar-refractivity contribution in [3.8, 4) is 0 Å². The SMILES string of the molecule is O=C(O)C(C=NC1CC1)=C(O)c1cc(F)c(F)cc1F. The minimum atomic E-state index is -1.55. The number of aliphatic hydroxyl groups excluding tert-OH is 1. The van der Waals surface area contributed by atoms with Crippen LogP contribution in [0.2, 0.25) is 0 Å². The first-order chi connectivity index (χ1) is 9.40. The first-order valence-corrected chi connectivity index (χ1v) is 5.74. The van der Waals surface area contributed by atoms with E-state index in [9.17, 15) is 23.1 Å². The first-order valence-electron chi connectivity index (χ1n) is 5.74. The Bertz CT molecular complexity index is 622. The highest BCUT2D eigenvalue weighted by molar-refractivity contribution is 6.14. The molecular weight excluding hydrogens is 275 g/mol. The van der Waals surface area contributed by atoms with E-state index < -0.39 is 40.3 Å². The smallest absolute Gasteiger partial charge is 0.341 e. The molecule has 0 aromatic heterocycles. The lowest BCUT2D eigenvalue weighted by molar-refractivity contribution is -0.132. The van der Waals surface area contributed by atoms with Gasteiger partial charge in [0.05, 0.1) is 11.6 Å². The number of hydrogen-bond donors (Lipinski definition) is 2. The molecule has 7 heteroatoms. The quantitative estimate of drug-likeness (QED) is 0.387. The van der Waals surface area contributed by atoms with Gasteiger partial charge in [0.2, 0.25) is 0 Å². The van der Waals surface area contributed by atoms with Gasteiger partial charge in [-0.15, -0.1) is 0 Å². The molecule has 0 spiro atoms. The minimum Gasteiger partial charge on any atom is -0.506 e. The summed E-state index contributed by atoms with van der Waals surface area (Å²) >= 11 is 0. The van der Waals surface area contributed by atoms with Crippen LogP contribution in [0, 0.1) is 17.5 Å². The van der Waals surface area contributed by atoms with Crippen molar-refractivity contribution in [3.05, 3.63) is 40.7 Å². The minimum absolute atomic E-state index is 0.00745. The third-order valence-corrected chi connectivity index (χ3v) is 2.71. The van der Waals surface area contributed by atoms with E-state index in [4.69, 9.17) is 5.11 Å². The fourth-order valence-corrected chi connectivity index (χ4v) is 1.47. The Morgan fingerprint density at radius 3 is 2.30 bits per heavy atom. The van der Waals surface area contributed by atoms with Gasteiger partial charge in [0, 0.05) is 12.3 Å². The molecule has 0 saturated heterocycles. The van der Waals surface area contributed by atoms with E-state index in [1.165, 1.54) is 0 Å². The van der Waals surface area contributed by atoms with E-state index in [0.717, 1.165) is 19.1 Å². The number of aliphatic hydroxyl groups is 1. The van der Waals surface area contributed by atoms with Crippen molar-refractivity contribution in [2.75, 3.05) is 0 Å². The molecular formula is C13H10F3NO3. The molecule has 1 aliphatic carbocycles. The lowest BCUT2D eigenvalue weighted by Crippen LogP contribution is -2.07. The first kappa shape index (κ1) is 14.1. The number of aliphatic carboxylic acids is 1. The molecule has 1 fully saturated rings. The van der Waals surface area contributed by atoms with Crippen LogP contribution in [-0.2, 0) is 4.79 Å². The standard InChI is InChI=1S/C13H10F3NO3/c14-9-4-11(16)10(15)3-7(9)12(18)8(13(19)20)5-17-6-1-2-6/h3-6,18H,1-2H2,(H,19,20). The largest absolute Gasteiger partial charge is 0.506 e. The van der Waals surface area contributed by atoms with Gasteiger partial charge in [-0.25, -0.2) is 18.0 Å².